The molecule has 10 heteroatoms. The summed E-state index contributed by atoms with van der Waals surface area (Å²) in [6.45, 7) is -0.893. The molecule has 0 saturated heterocycles. The third-order valence-electron chi connectivity index (χ3n) is 3.15. The second-order valence-corrected chi connectivity index (χ2v) is 7.10. The molecule has 0 radical (unpaired) electrons. The Morgan fingerprint density at radius 2 is 1.69 bits per heavy atom. The van der Waals surface area contributed by atoms with Crippen molar-refractivity contribution in [3.8, 4) is 0 Å². The molecule has 0 aliphatic rings. The zero-order chi connectivity index (χ0) is 19.5. The third kappa shape index (κ3) is 4.39. The maximum Gasteiger partial charge on any atom is 0.339 e. The number of halogens is 3. The number of rotatable bonds is 5. The van der Waals surface area contributed by atoms with Crippen LogP contribution in [0.4, 0.5) is 18.9 Å². The second-order valence-electron chi connectivity index (χ2n) is 5.12. The number of nitrogens with one attached hydrogen (secondary N) is 1. The number of hydrogen-bond donors (Lipinski definition) is 1. The Labute approximate surface area is 146 Å². The van der Waals surface area contributed by atoms with Crippen molar-refractivity contribution in [3.05, 3.63) is 59.4 Å². The Morgan fingerprint density at radius 3 is 2.35 bits per heavy atom. The Morgan fingerprint density at radius 1 is 1.04 bits per heavy atom. The molecule has 26 heavy (non-hydrogen) atoms. The van der Waals surface area contributed by atoms with Crippen LogP contribution in [0.15, 0.2) is 41.3 Å². The molecular formula is C16H12F3NO5S. The number of amides is 1. The predicted octanol–water partition coefficient (Wildman–Crippen LogP) is 2.30. The van der Waals surface area contributed by atoms with Gasteiger partial charge in [-0.15, -0.1) is 0 Å². The van der Waals surface area contributed by atoms with Gasteiger partial charge in [0.15, 0.2) is 33.9 Å². The van der Waals surface area contributed by atoms with Crippen LogP contribution in [0.2, 0.25) is 0 Å². The van der Waals surface area contributed by atoms with Gasteiger partial charge in [-0.2, -0.15) is 0 Å². The molecular weight excluding hydrogens is 375 g/mol. The van der Waals surface area contributed by atoms with Gasteiger partial charge in [-0.25, -0.2) is 26.4 Å². The van der Waals surface area contributed by atoms with E-state index in [4.69, 9.17) is 0 Å². The molecule has 1 N–H and O–H groups in total. The average molecular weight is 387 g/mol. The highest BCUT2D eigenvalue weighted by Gasteiger charge is 2.21. The van der Waals surface area contributed by atoms with Gasteiger partial charge in [0.05, 0.1) is 16.1 Å². The van der Waals surface area contributed by atoms with Crippen molar-refractivity contribution < 1.29 is 35.9 Å². The van der Waals surface area contributed by atoms with Crippen LogP contribution in [0.25, 0.3) is 0 Å². The lowest BCUT2D eigenvalue weighted by Gasteiger charge is -2.09. The summed E-state index contributed by atoms with van der Waals surface area (Å²) in [6.07, 6.45) is 0.900. The summed E-state index contributed by atoms with van der Waals surface area (Å²) in [6, 6.07) is 6.62. The number of hydrogen-bond acceptors (Lipinski definition) is 5. The minimum Gasteiger partial charge on any atom is -0.452 e. The van der Waals surface area contributed by atoms with Gasteiger partial charge in [0, 0.05) is 6.26 Å². The van der Waals surface area contributed by atoms with Crippen LogP contribution in [0.1, 0.15) is 10.4 Å². The predicted molar refractivity (Wildman–Crippen MR) is 84.8 cm³/mol. The first-order chi connectivity index (χ1) is 12.1. The van der Waals surface area contributed by atoms with Crippen LogP contribution in [-0.4, -0.2) is 33.2 Å². The summed E-state index contributed by atoms with van der Waals surface area (Å²) in [5.41, 5.74) is -0.914. The van der Waals surface area contributed by atoms with E-state index in [1.54, 1.807) is 0 Å². The lowest BCUT2D eigenvalue weighted by atomic mass is 10.2. The van der Waals surface area contributed by atoms with Crippen molar-refractivity contribution in [2.75, 3.05) is 18.2 Å². The first-order valence-corrected chi connectivity index (χ1v) is 8.90. The first kappa shape index (κ1) is 19.4. The summed E-state index contributed by atoms with van der Waals surface area (Å²) in [5, 5.41) is 1.91. The molecule has 138 valence electrons. The fraction of sp³-hybridized carbons (Fsp3) is 0.125. The Hall–Kier alpha value is -2.88. The second kappa shape index (κ2) is 7.56. The Balaban J connectivity index is 2.07. The van der Waals surface area contributed by atoms with Crippen LogP contribution in [0, 0.1) is 17.5 Å². The summed E-state index contributed by atoms with van der Waals surface area (Å²) in [4.78, 5) is 23.4. The topological polar surface area (TPSA) is 89.5 Å². The normalized spacial score (nSPS) is 11.1. The maximum absolute atomic E-state index is 13.5. The number of benzene rings is 2. The fourth-order valence-corrected chi connectivity index (χ4v) is 2.85. The molecule has 0 spiro atoms. The van der Waals surface area contributed by atoms with E-state index in [1.165, 1.54) is 24.3 Å². The van der Waals surface area contributed by atoms with E-state index in [-0.39, 0.29) is 10.5 Å². The molecule has 0 fully saturated rings. The standard InChI is InChI=1S/C16H12F3NO5S/c1-26(23,24)12-5-3-2-4-9(12)16(22)25-8-13(21)20-11-7-6-10(17)14(18)15(11)19/h2-7H,8H2,1H3,(H,20,21). The zero-order valence-corrected chi connectivity index (χ0v) is 14.1. The molecule has 0 unspecified atom stereocenters. The van der Waals surface area contributed by atoms with Crippen LogP contribution < -0.4 is 5.32 Å². The number of carbonyl (C=O) groups excluding carboxylic acids is 2. The minimum atomic E-state index is -3.71. The van der Waals surface area contributed by atoms with Gasteiger partial charge in [0.1, 0.15) is 0 Å². The van der Waals surface area contributed by atoms with Crippen molar-refractivity contribution >= 4 is 27.4 Å². The molecule has 1 amide bonds. The van der Waals surface area contributed by atoms with Gasteiger partial charge in [-0.05, 0) is 24.3 Å². The molecule has 0 saturated carbocycles. The van der Waals surface area contributed by atoms with Gasteiger partial charge in [0.2, 0.25) is 0 Å². The van der Waals surface area contributed by atoms with E-state index < -0.39 is 51.5 Å². The fourth-order valence-electron chi connectivity index (χ4n) is 1.98. The van der Waals surface area contributed by atoms with E-state index in [2.05, 4.69) is 4.74 Å². The SMILES string of the molecule is CS(=O)(=O)c1ccccc1C(=O)OCC(=O)Nc1ccc(F)c(F)c1F. The van der Waals surface area contributed by atoms with Crippen LogP contribution >= 0.6 is 0 Å². The highest BCUT2D eigenvalue weighted by molar-refractivity contribution is 7.90. The van der Waals surface area contributed by atoms with Crippen LogP contribution in [-0.2, 0) is 19.4 Å². The molecule has 0 heterocycles. The number of anilines is 1. The Kier molecular flexibility index (Phi) is 5.66. The van der Waals surface area contributed by atoms with E-state index >= 15 is 0 Å². The van der Waals surface area contributed by atoms with Crippen molar-refractivity contribution in [1.29, 1.82) is 0 Å². The Bertz CT molecular complexity index is 976. The average Bonchev–Trinajstić information content (AvgIpc) is 2.59. The molecule has 0 aliphatic carbocycles. The molecule has 0 aliphatic heterocycles. The van der Waals surface area contributed by atoms with E-state index in [9.17, 15) is 31.2 Å². The van der Waals surface area contributed by atoms with Gasteiger partial charge in [-0.3, -0.25) is 4.79 Å². The van der Waals surface area contributed by atoms with Gasteiger partial charge >= 0.3 is 5.97 Å². The van der Waals surface area contributed by atoms with Crippen LogP contribution in [0.5, 0.6) is 0 Å². The summed E-state index contributed by atoms with van der Waals surface area (Å²) < 4.78 is 67.3. The highest BCUT2D eigenvalue weighted by Crippen LogP contribution is 2.20. The van der Waals surface area contributed by atoms with E-state index in [1.807, 2.05) is 5.32 Å². The number of ether oxygens (including phenoxy) is 1. The van der Waals surface area contributed by atoms with Crippen molar-refractivity contribution in [2.45, 2.75) is 4.90 Å². The number of esters is 1. The third-order valence-corrected chi connectivity index (χ3v) is 4.31. The van der Waals surface area contributed by atoms with Crippen molar-refractivity contribution in [1.82, 2.24) is 0 Å². The smallest absolute Gasteiger partial charge is 0.339 e. The summed E-state index contributed by atoms with van der Waals surface area (Å²) >= 11 is 0. The number of carbonyl (C=O) groups is 2. The van der Waals surface area contributed by atoms with Crippen molar-refractivity contribution in [3.63, 3.8) is 0 Å². The van der Waals surface area contributed by atoms with Crippen molar-refractivity contribution in [2.24, 2.45) is 0 Å². The van der Waals surface area contributed by atoms with Gasteiger partial charge < -0.3 is 10.1 Å². The monoisotopic (exact) mass is 387 g/mol. The van der Waals surface area contributed by atoms with Crippen LogP contribution in [0.3, 0.4) is 0 Å². The van der Waals surface area contributed by atoms with Gasteiger partial charge in [-0.1, -0.05) is 12.1 Å². The summed E-state index contributed by atoms with van der Waals surface area (Å²) in [7, 11) is -3.71. The lowest BCUT2D eigenvalue weighted by molar-refractivity contribution is -0.119. The first-order valence-electron chi connectivity index (χ1n) is 7.01. The molecule has 2 aromatic rings. The largest absolute Gasteiger partial charge is 0.452 e. The lowest BCUT2D eigenvalue weighted by Crippen LogP contribution is -2.22. The molecule has 0 atom stereocenters. The minimum absolute atomic E-state index is 0.276. The summed E-state index contributed by atoms with van der Waals surface area (Å²) in [5.74, 6) is -6.91. The zero-order valence-electron chi connectivity index (χ0n) is 13.3. The highest BCUT2D eigenvalue weighted by atomic mass is 32.2. The van der Waals surface area contributed by atoms with E-state index in [0.29, 0.717) is 6.07 Å². The van der Waals surface area contributed by atoms with Gasteiger partial charge in [0.25, 0.3) is 5.91 Å². The molecule has 2 rings (SSSR count). The molecule has 2 aromatic carbocycles. The molecule has 0 bridgehead atoms. The number of sulfone groups is 1. The quantitative estimate of drug-likeness (QED) is 0.628. The molecule has 0 aromatic heterocycles. The van der Waals surface area contributed by atoms with E-state index in [0.717, 1.165) is 12.3 Å². The molecule has 6 nitrogen and oxygen atoms in total. The maximum atomic E-state index is 13.5.